The molecule has 0 N–H and O–H groups in total. The Hall–Kier alpha value is -3.85. The zero-order valence-electron chi connectivity index (χ0n) is 53.1. The van der Waals surface area contributed by atoms with Gasteiger partial charge in [-0.1, -0.05) is 276 Å². The van der Waals surface area contributed by atoms with Crippen molar-refractivity contribution in [2.24, 2.45) is 0 Å². The molecule has 0 rings (SSSR count). The minimum absolute atomic E-state index is 0.0472. The molecule has 0 radical (unpaired) electrons. The molecule has 0 heterocycles. The van der Waals surface area contributed by atoms with Crippen LogP contribution in [0.4, 0.5) is 0 Å². The number of nitrogens with zero attached hydrogens (tertiary/aromatic N) is 1. The predicted molar refractivity (Wildman–Crippen MR) is 351 cm³/mol. The lowest BCUT2D eigenvalue weighted by Crippen LogP contribution is -2.37. The average Bonchev–Trinajstić information content (AvgIpc) is 3.46. The van der Waals surface area contributed by atoms with Crippen LogP contribution >= 0.6 is 7.82 Å². The van der Waals surface area contributed by atoms with Crippen molar-refractivity contribution in [1.29, 1.82) is 0 Å². The van der Waals surface area contributed by atoms with Gasteiger partial charge >= 0.3 is 11.9 Å². The summed E-state index contributed by atoms with van der Waals surface area (Å²) >= 11 is 0. The molecule has 0 aromatic heterocycles. The smallest absolute Gasteiger partial charge is 0.306 e. The third-order valence-electron chi connectivity index (χ3n) is 13.7. The highest BCUT2D eigenvalue weighted by molar-refractivity contribution is 7.45. The van der Waals surface area contributed by atoms with Gasteiger partial charge in [-0.2, -0.15) is 0 Å². The van der Waals surface area contributed by atoms with Crippen LogP contribution in [0.3, 0.4) is 0 Å². The molecule has 0 amide bonds. The number of hydrogen-bond donors (Lipinski definition) is 0. The number of allylic oxidation sites excluding steroid dienone is 22. The molecule has 0 saturated carbocycles. The molecule has 2 atom stereocenters. The van der Waals surface area contributed by atoms with Crippen molar-refractivity contribution in [1.82, 2.24) is 0 Å². The van der Waals surface area contributed by atoms with E-state index >= 15 is 0 Å². The minimum Gasteiger partial charge on any atom is -0.756 e. The number of unbranched alkanes of at least 4 members (excludes halogenated alkanes) is 23. The highest BCUT2D eigenvalue weighted by atomic mass is 31.2. The quantitative estimate of drug-likeness (QED) is 0.0195. The number of quaternary nitrogens is 1. The van der Waals surface area contributed by atoms with Gasteiger partial charge in [-0.05, 0) is 103 Å². The number of hydrogen-bond acceptors (Lipinski definition) is 8. The van der Waals surface area contributed by atoms with Gasteiger partial charge in [0.25, 0.3) is 7.82 Å². The summed E-state index contributed by atoms with van der Waals surface area (Å²) < 4.78 is 34.2. The first kappa shape index (κ1) is 78.1. The van der Waals surface area contributed by atoms with Crippen LogP contribution in [0.5, 0.6) is 0 Å². The second-order valence-corrected chi connectivity index (χ2v) is 24.1. The summed E-state index contributed by atoms with van der Waals surface area (Å²) in [6.45, 7) is 3.95. The number of carbonyl (C=O) groups is 2. The largest absolute Gasteiger partial charge is 0.756 e. The van der Waals surface area contributed by atoms with Crippen LogP contribution in [0, 0.1) is 0 Å². The summed E-state index contributed by atoms with van der Waals surface area (Å²) in [5.41, 5.74) is 0. The summed E-state index contributed by atoms with van der Waals surface area (Å²) in [4.78, 5) is 38.0. The molecule has 10 heteroatoms. The van der Waals surface area contributed by atoms with Gasteiger partial charge in [0.15, 0.2) is 6.10 Å². The van der Waals surface area contributed by atoms with E-state index in [0.29, 0.717) is 23.9 Å². The first-order valence-corrected chi connectivity index (χ1v) is 34.4. The highest BCUT2D eigenvalue weighted by Gasteiger charge is 2.21. The number of carbonyl (C=O) groups excluding carboxylic acids is 2. The van der Waals surface area contributed by atoms with Gasteiger partial charge in [-0.25, -0.2) is 0 Å². The first-order valence-electron chi connectivity index (χ1n) is 32.9. The van der Waals surface area contributed by atoms with E-state index in [4.69, 9.17) is 18.5 Å². The van der Waals surface area contributed by atoms with Gasteiger partial charge in [0, 0.05) is 12.8 Å². The van der Waals surface area contributed by atoms with Crippen molar-refractivity contribution in [2.75, 3.05) is 47.5 Å². The molecule has 0 aliphatic rings. The van der Waals surface area contributed by atoms with Gasteiger partial charge in [-0.15, -0.1) is 0 Å². The van der Waals surface area contributed by atoms with Crippen molar-refractivity contribution in [3.05, 3.63) is 134 Å². The van der Waals surface area contributed by atoms with E-state index in [1.54, 1.807) is 0 Å². The molecule has 0 fully saturated rings. The van der Waals surface area contributed by atoms with Crippen molar-refractivity contribution in [3.63, 3.8) is 0 Å². The minimum atomic E-state index is -4.66. The van der Waals surface area contributed by atoms with Gasteiger partial charge in [0.05, 0.1) is 27.7 Å². The van der Waals surface area contributed by atoms with E-state index in [1.807, 2.05) is 27.2 Å². The Morgan fingerprint density at radius 2 is 0.671 bits per heavy atom. The van der Waals surface area contributed by atoms with Crippen molar-refractivity contribution >= 4 is 19.8 Å². The third-order valence-corrected chi connectivity index (χ3v) is 14.6. The van der Waals surface area contributed by atoms with E-state index in [9.17, 15) is 19.0 Å². The molecule has 9 nitrogen and oxygen atoms in total. The zero-order chi connectivity index (χ0) is 59.8. The standard InChI is InChI=1S/C72H122NO8P/c1-6-8-10-12-14-16-18-20-22-24-26-28-30-31-32-33-34-35-36-37-38-39-40-41-43-44-46-48-50-52-54-56-58-60-62-64-71(74)78-68-70(69-80-82(76,77)79-67-66-73(3,4)5)81-72(75)65-63-61-59-57-55-53-51-49-47-45-42-29-27-25-23-21-19-17-15-13-11-9-7-2/h8-11,14-17,20-23,26-29,45,47,51,53,57,59,70H,6-7,12-13,18-19,24-25,30-44,46,48-50,52,54-56,58,60-69H2,1-5H3/b10-8-,11-9-,16-14-,17-15-,22-20-,23-21-,28-26-,29-27-,47-45-,53-51-,59-57-. The van der Waals surface area contributed by atoms with Gasteiger partial charge in [0.2, 0.25) is 0 Å². The second-order valence-electron chi connectivity index (χ2n) is 22.7. The van der Waals surface area contributed by atoms with Crippen LogP contribution < -0.4 is 4.89 Å². The number of phosphoric acid groups is 1. The highest BCUT2D eigenvalue weighted by Crippen LogP contribution is 2.38. The number of likely N-dealkylation sites (N-methyl/N-ethyl adjacent to an activating group) is 1. The molecular weight excluding hydrogens is 1040 g/mol. The molecule has 0 aromatic rings. The van der Waals surface area contributed by atoms with E-state index in [-0.39, 0.29) is 26.1 Å². The topological polar surface area (TPSA) is 111 Å². The maximum atomic E-state index is 12.8. The van der Waals surface area contributed by atoms with E-state index in [2.05, 4.69) is 141 Å². The summed E-state index contributed by atoms with van der Waals surface area (Å²) in [7, 11) is 1.12. The van der Waals surface area contributed by atoms with Crippen molar-refractivity contribution in [2.45, 2.75) is 264 Å². The first-order chi connectivity index (χ1) is 40.0. The Balaban J connectivity index is 4.10. The lowest BCUT2D eigenvalue weighted by Gasteiger charge is -2.28. The Morgan fingerprint density at radius 1 is 0.378 bits per heavy atom. The van der Waals surface area contributed by atoms with E-state index in [1.165, 1.54) is 128 Å². The number of ether oxygens (including phenoxy) is 2. The van der Waals surface area contributed by atoms with Crippen molar-refractivity contribution in [3.8, 4) is 0 Å². The summed E-state index contributed by atoms with van der Waals surface area (Å²) in [6, 6.07) is 0. The Kier molecular flexibility index (Phi) is 58.8. The molecule has 2 unspecified atom stereocenters. The fraction of sp³-hybridized carbons (Fsp3) is 0.667. The van der Waals surface area contributed by atoms with Gasteiger partial charge < -0.3 is 27.9 Å². The summed E-state index contributed by atoms with van der Waals surface area (Å²) in [5, 5.41) is 0. The average molecular weight is 1160 g/mol. The Labute approximate surface area is 504 Å². The molecule has 0 saturated heterocycles. The van der Waals surface area contributed by atoms with Gasteiger partial charge in [0.1, 0.15) is 19.8 Å². The molecule has 0 bridgehead atoms. The fourth-order valence-corrected chi connectivity index (χ4v) is 9.43. The maximum absolute atomic E-state index is 12.8. The second kappa shape index (κ2) is 61.7. The predicted octanol–water partition coefficient (Wildman–Crippen LogP) is 20.6. The lowest BCUT2D eigenvalue weighted by atomic mass is 10.0. The van der Waals surface area contributed by atoms with Crippen LogP contribution in [0.25, 0.3) is 0 Å². The summed E-state index contributed by atoms with van der Waals surface area (Å²) in [5.74, 6) is -0.904. The number of phosphoric ester groups is 1. The molecule has 0 aromatic carbocycles. The molecule has 0 spiro atoms. The van der Waals surface area contributed by atoms with E-state index in [0.717, 1.165) is 89.9 Å². The fourth-order valence-electron chi connectivity index (χ4n) is 8.70. The molecule has 0 aliphatic heterocycles. The Bertz CT molecular complexity index is 1850. The van der Waals surface area contributed by atoms with Crippen LogP contribution in [-0.4, -0.2) is 70.0 Å². The molecular formula is C72H122NO8P. The normalized spacial score (nSPS) is 14.1. The number of rotatable bonds is 59. The van der Waals surface area contributed by atoms with Crippen LogP contribution in [0.2, 0.25) is 0 Å². The van der Waals surface area contributed by atoms with E-state index < -0.39 is 32.5 Å². The van der Waals surface area contributed by atoms with Crippen LogP contribution in [0.15, 0.2) is 134 Å². The third kappa shape index (κ3) is 65.3. The lowest BCUT2D eigenvalue weighted by molar-refractivity contribution is -0.870. The zero-order valence-corrected chi connectivity index (χ0v) is 54.0. The number of esters is 2. The van der Waals surface area contributed by atoms with Crippen LogP contribution in [-0.2, 0) is 32.7 Å². The molecule has 82 heavy (non-hydrogen) atoms. The summed E-state index contributed by atoms with van der Waals surface area (Å²) in [6.07, 6.45) is 89.7. The molecule has 0 aliphatic carbocycles. The maximum Gasteiger partial charge on any atom is 0.306 e. The monoisotopic (exact) mass is 1160 g/mol. The SMILES string of the molecule is CC/C=C\C/C=C\C/C=C\C/C=C\C/C=C\C/C=C\C/C=C\CCCC(=O)OC(COC(=O)CCCCCCCCCCCCCCCCCCCCCCCC/C=C\C/C=C\C/C=C\C/C=C\CC)COP(=O)([O-])OCC[N+](C)(C)C. The van der Waals surface area contributed by atoms with Crippen molar-refractivity contribution < 1.29 is 42.1 Å². The van der Waals surface area contributed by atoms with Crippen LogP contribution in [0.1, 0.15) is 258 Å². The van der Waals surface area contributed by atoms with Gasteiger partial charge in [-0.3, -0.25) is 14.2 Å². The molecule has 468 valence electrons. The Morgan fingerprint density at radius 3 is 1.01 bits per heavy atom.